The van der Waals surface area contributed by atoms with E-state index in [1.54, 1.807) is 6.07 Å². The zero-order chi connectivity index (χ0) is 12.3. The predicted octanol–water partition coefficient (Wildman–Crippen LogP) is 5.19. The number of hydrogen-bond donors (Lipinski definition) is 0. The number of alkyl halides is 1. The summed E-state index contributed by atoms with van der Waals surface area (Å²) in [5.74, 6) is 0.374. The molecule has 1 atom stereocenters. The van der Waals surface area contributed by atoms with Crippen LogP contribution in [0.4, 0.5) is 4.39 Å². The van der Waals surface area contributed by atoms with E-state index in [0.29, 0.717) is 5.92 Å². The molecule has 3 heteroatoms. The van der Waals surface area contributed by atoms with Crippen LogP contribution in [0, 0.1) is 17.2 Å². The molecule has 0 spiro atoms. The van der Waals surface area contributed by atoms with Crippen molar-refractivity contribution in [2.75, 3.05) is 5.33 Å². The van der Waals surface area contributed by atoms with Gasteiger partial charge in [-0.05, 0) is 41.5 Å². The molecule has 0 nitrogen and oxygen atoms in total. The molecule has 0 aromatic heterocycles. The molecule has 0 heterocycles. The summed E-state index contributed by atoms with van der Waals surface area (Å²) in [4.78, 5) is 0. The van der Waals surface area contributed by atoms with Crippen LogP contribution in [-0.2, 0) is 6.42 Å². The second-order valence-electron chi connectivity index (χ2n) is 4.90. The molecule has 1 rings (SSSR count). The Morgan fingerprint density at radius 1 is 1.31 bits per heavy atom. The maximum atomic E-state index is 13.3. The highest BCUT2D eigenvalue weighted by Gasteiger charge is 2.27. The van der Waals surface area contributed by atoms with Crippen molar-refractivity contribution in [1.29, 1.82) is 0 Å². The Hall–Kier alpha value is 0.110. The van der Waals surface area contributed by atoms with Crippen molar-refractivity contribution in [3.8, 4) is 0 Å². The van der Waals surface area contributed by atoms with Crippen LogP contribution in [0.3, 0.4) is 0 Å². The molecule has 0 N–H and O–H groups in total. The minimum Gasteiger partial charge on any atom is -0.207 e. The Labute approximate surface area is 114 Å². The molecule has 0 saturated carbocycles. The van der Waals surface area contributed by atoms with Crippen molar-refractivity contribution < 1.29 is 4.39 Å². The van der Waals surface area contributed by atoms with Gasteiger partial charge in [0.15, 0.2) is 0 Å². The minimum atomic E-state index is -0.176. The normalized spacial score (nSPS) is 15.2. The third kappa shape index (κ3) is 3.56. The van der Waals surface area contributed by atoms with Crippen LogP contribution in [0.5, 0.6) is 0 Å². The van der Waals surface area contributed by atoms with E-state index in [1.165, 1.54) is 6.07 Å². The van der Waals surface area contributed by atoms with E-state index >= 15 is 0 Å². The summed E-state index contributed by atoms with van der Waals surface area (Å²) in [7, 11) is 0. The number of benzene rings is 1. The Morgan fingerprint density at radius 3 is 2.38 bits per heavy atom. The van der Waals surface area contributed by atoms with E-state index in [0.717, 1.165) is 21.8 Å². The molecule has 0 aliphatic heterocycles. The molecule has 0 aliphatic rings. The molecule has 1 unspecified atom stereocenters. The van der Waals surface area contributed by atoms with Crippen molar-refractivity contribution in [2.24, 2.45) is 11.3 Å². The summed E-state index contributed by atoms with van der Waals surface area (Å²) >= 11 is 6.89. The summed E-state index contributed by atoms with van der Waals surface area (Å²) in [6, 6.07) is 5.10. The number of halogens is 3. The lowest BCUT2D eigenvalue weighted by Gasteiger charge is -2.32. The van der Waals surface area contributed by atoms with E-state index in [4.69, 9.17) is 0 Å². The van der Waals surface area contributed by atoms with Crippen molar-refractivity contribution >= 4 is 31.9 Å². The van der Waals surface area contributed by atoms with Gasteiger partial charge in [-0.3, -0.25) is 0 Å². The lowest BCUT2D eigenvalue weighted by molar-refractivity contribution is 0.257. The molecule has 0 amide bonds. The zero-order valence-corrected chi connectivity index (χ0v) is 13.0. The molecule has 0 fully saturated rings. The van der Waals surface area contributed by atoms with Crippen LogP contribution < -0.4 is 0 Å². The molecular weight excluding hydrogens is 335 g/mol. The highest BCUT2D eigenvalue weighted by Crippen LogP contribution is 2.34. The van der Waals surface area contributed by atoms with E-state index < -0.39 is 0 Å². The van der Waals surface area contributed by atoms with Gasteiger partial charge in [-0.25, -0.2) is 4.39 Å². The average Bonchev–Trinajstić information content (AvgIpc) is 2.15. The van der Waals surface area contributed by atoms with Gasteiger partial charge < -0.3 is 0 Å². The van der Waals surface area contributed by atoms with E-state index in [-0.39, 0.29) is 11.2 Å². The third-order valence-corrected chi connectivity index (χ3v) is 4.97. The molecule has 0 radical (unpaired) electrons. The van der Waals surface area contributed by atoms with Gasteiger partial charge in [-0.1, -0.05) is 52.6 Å². The molecular formula is C13H17Br2F. The van der Waals surface area contributed by atoms with E-state index in [1.807, 2.05) is 6.07 Å². The summed E-state index contributed by atoms with van der Waals surface area (Å²) in [5, 5.41) is 0.922. The maximum Gasteiger partial charge on any atom is 0.124 e. The monoisotopic (exact) mass is 350 g/mol. The van der Waals surface area contributed by atoms with Gasteiger partial charge in [0.2, 0.25) is 0 Å². The first kappa shape index (κ1) is 14.2. The third-order valence-electron chi connectivity index (χ3n) is 3.23. The SMILES string of the molecule is CC(C)C(C)(CBr)Cc1cc(F)cc(Br)c1. The Kier molecular flexibility index (Phi) is 4.99. The van der Waals surface area contributed by atoms with Crippen molar-refractivity contribution in [3.63, 3.8) is 0 Å². The molecule has 1 aromatic carbocycles. The predicted molar refractivity (Wildman–Crippen MR) is 74.5 cm³/mol. The van der Waals surface area contributed by atoms with E-state index in [9.17, 15) is 4.39 Å². The molecule has 0 saturated heterocycles. The fourth-order valence-corrected chi connectivity index (χ4v) is 2.94. The Balaban J connectivity index is 2.94. The van der Waals surface area contributed by atoms with Gasteiger partial charge in [0, 0.05) is 9.80 Å². The lowest BCUT2D eigenvalue weighted by atomic mass is 9.76. The van der Waals surface area contributed by atoms with Gasteiger partial charge in [-0.15, -0.1) is 0 Å². The Morgan fingerprint density at radius 2 is 1.94 bits per heavy atom. The van der Waals surface area contributed by atoms with Crippen LogP contribution >= 0.6 is 31.9 Å². The summed E-state index contributed by atoms with van der Waals surface area (Å²) < 4.78 is 14.1. The molecule has 1 aromatic rings. The van der Waals surface area contributed by atoms with Crippen LogP contribution in [0.25, 0.3) is 0 Å². The number of rotatable bonds is 4. The standard InChI is InChI=1S/C13H17Br2F/c1-9(2)13(3,8-14)7-10-4-11(15)6-12(16)5-10/h4-6,9H,7-8H2,1-3H3. The molecule has 0 bridgehead atoms. The van der Waals surface area contributed by atoms with Gasteiger partial charge in [-0.2, -0.15) is 0 Å². The lowest BCUT2D eigenvalue weighted by Crippen LogP contribution is -2.28. The minimum absolute atomic E-state index is 0.160. The van der Waals surface area contributed by atoms with Crippen LogP contribution in [0.15, 0.2) is 22.7 Å². The van der Waals surface area contributed by atoms with Gasteiger partial charge in [0.05, 0.1) is 0 Å². The maximum absolute atomic E-state index is 13.3. The summed E-state index contributed by atoms with van der Waals surface area (Å²) in [6.07, 6.45) is 0.881. The second-order valence-corrected chi connectivity index (χ2v) is 6.37. The largest absolute Gasteiger partial charge is 0.207 e. The van der Waals surface area contributed by atoms with Gasteiger partial charge in [0.1, 0.15) is 5.82 Å². The van der Waals surface area contributed by atoms with Crippen LogP contribution in [-0.4, -0.2) is 5.33 Å². The zero-order valence-electron chi connectivity index (χ0n) is 9.86. The number of hydrogen-bond acceptors (Lipinski definition) is 0. The Bertz CT molecular complexity index is 343. The smallest absolute Gasteiger partial charge is 0.124 e. The molecule has 16 heavy (non-hydrogen) atoms. The quantitative estimate of drug-likeness (QED) is 0.655. The fraction of sp³-hybridized carbons (Fsp3) is 0.538. The molecule has 0 aliphatic carbocycles. The summed E-state index contributed by atoms with van der Waals surface area (Å²) in [5.41, 5.74) is 1.20. The van der Waals surface area contributed by atoms with Crippen LogP contribution in [0.2, 0.25) is 0 Å². The summed E-state index contributed by atoms with van der Waals surface area (Å²) in [6.45, 7) is 6.64. The average molecular weight is 352 g/mol. The second kappa shape index (κ2) is 5.63. The van der Waals surface area contributed by atoms with Crippen molar-refractivity contribution in [3.05, 3.63) is 34.1 Å². The first-order valence-electron chi connectivity index (χ1n) is 5.38. The van der Waals surface area contributed by atoms with Crippen LogP contribution in [0.1, 0.15) is 26.3 Å². The highest BCUT2D eigenvalue weighted by atomic mass is 79.9. The van der Waals surface area contributed by atoms with Gasteiger partial charge >= 0.3 is 0 Å². The van der Waals surface area contributed by atoms with Crippen molar-refractivity contribution in [2.45, 2.75) is 27.2 Å². The highest BCUT2D eigenvalue weighted by molar-refractivity contribution is 9.10. The van der Waals surface area contributed by atoms with Gasteiger partial charge in [0.25, 0.3) is 0 Å². The van der Waals surface area contributed by atoms with Crippen molar-refractivity contribution in [1.82, 2.24) is 0 Å². The first-order valence-corrected chi connectivity index (χ1v) is 7.30. The fourth-order valence-electron chi connectivity index (χ4n) is 1.58. The first-order chi connectivity index (χ1) is 7.37. The van der Waals surface area contributed by atoms with E-state index in [2.05, 4.69) is 52.6 Å². The molecule has 90 valence electrons. The topological polar surface area (TPSA) is 0 Å².